The molecule has 1 aromatic rings. The molecule has 1 N–H and O–H groups in total. The minimum atomic E-state index is 0.355. The first-order chi connectivity index (χ1) is 7.71. The van der Waals surface area contributed by atoms with Gasteiger partial charge in [-0.1, -0.05) is 27.7 Å². The molecule has 0 aliphatic carbocycles. The predicted molar refractivity (Wildman–Crippen MR) is 73.2 cm³/mol. The molecule has 0 aliphatic rings. The van der Waals surface area contributed by atoms with Gasteiger partial charge in [0.15, 0.2) is 0 Å². The predicted octanol–water partition coefficient (Wildman–Crippen LogP) is 4.23. The molecule has 0 bridgehead atoms. The lowest BCUT2D eigenvalue weighted by molar-refractivity contribution is 0.247. The fraction of sp³-hybridized carbons (Fsp3) is 0.733. The molecular formula is C15H27NO. The van der Waals surface area contributed by atoms with Crippen LogP contribution in [0.5, 0.6) is 0 Å². The molecule has 0 amide bonds. The number of rotatable bonds is 4. The Bertz CT molecular complexity index is 359. The molecule has 2 unspecified atom stereocenters. The van der Waals surface area contributed by atoms with Crippen molar-refractivity contribution in [2.45, 2.75) is 54.5 Å². The van der Waals surface area contributed by atoms with E-state index < -0.39 is 0 Å². The zero-order valence-corrected chi connectivity index (χ0v) is 12.3. The van der Waals surface area contributed by atoms with E-state index in [0.717, 1.165) is 18.1 Å². The third-order valence-electron chi connectivity index (χ3n) is 3.75. The normalized spacial score (nSPS) is 15.9. The molecule has 0 aliphatic heterocycles. The Morgan fingerprint density at radius 3 is 2.24 bits per heavy atom. The summed E-state index contributed by atoms with van der Waals surface area (Å²) >= 11 is 0. The lowest BCUT2D eigenvalue weighted by Crippen LogP contribution is -2.31. The maximum absolute atomic E-state index is 5.57. The fourth-order valence-electron chi connectivity index (χ4n) is 1.85. The Balaban J connectivity index is 2.56. The van der Waals surface area contributed by atoms with Crippen LogP contribution in [0.1, 0.15) is 57.7 Å². The molecule has 2 atom stereocenters. The first kappa shape index (κ1) is 14.3. The van der Waals surface area contributed by atoms with Crippen molar-refractivity contribution in [3.05, 3.63) is 23.2 Å². The Kier molecular flexibility index (Phi) is 4.42. The van der Waals surface area contributed by atoms with Gasteiger partial charge in [-0.05, 0) is 44.7 Å². The fourth-order valence-corrected chi connectivity index (χ4v) is 1.85. The number of nitrogens with one attached hydrogen (secondary N) is 1. The molecule has 2 nitrogen and oxygen atoms in total. The van der Waals surface area contributed by atoms with E-state index >= 15 is 0 Å². The van der Waals surface area contributed by atoms with Gasteiger partial charge in [0.25, 0.3) is 0 Å². The van der Waals surface area contributed by atoms with Crippen molar-refractivity contribution in [2.75, 3.05) is 6.54 Å². The molecular weight excluding hydrogens is 210 g/mol. The molecule has 0 saturated carbocycles. The SMILES string of the molecule is Cc1cc(C(C)NCC(C)C(C)(C)C)c(C)o1. The second-order valence-corrected chi connectivity index (χ2v) is 6.27. The zero-order valence-electron chi connectivity index (χ0n) is 12.3. The molecule has 1 rings (SSSR count). The largest absolute Gasteiger partial charge is 0.466 e. The lowest BCUT2D eigenvalue weighted by atomic mass is 9.82. The summed E-state index contributed by atoms with van der Waals surface area (Å²) in [5, 5.41) is 3.60. The van der Waals surface area contributed by atoms with Crippen molar-refractivity contribution in [2.24, 2.45) is 11.3 Å². The summed E-state index contributed by atoms with van der Waals surface area (Å²) in [5.41, 5.74) is 1.64. The summed E-state index contributed by atoms with van der Waals surface area (Å²) in [6.07, 6.45) is 0. The van der Waals surface area contributed by atoms with Crippen LogP contribution in [0.3, 0.4) is 0 Å². The highest BCUT2D eigenvalue weighted by molar-refractivity contribution is 5.23. The van der Waals surface area contributed by atoms with E-state index in [2.05, 4.69) is 46.0 Å². The quantitative estimate of drug-likeness (QED) is 0.847. The van der Waals surface area contributed by atoms with E-state index in [0.29, 0.717) is 17.4 Å². The van der Waals surface area contributed by atoms with Crippen LogP contribution in [-0.4, -0.2) is 6.54 Å². The minimum Gasteiger partial charge on any atom is -0.466 e. The van der Waals surface area contributed by atoms with Crippen LogP contribution in [0.15, 0.2) is 10.5 Å². The Labute approximate surface area is 106 Å². The van der Waals surface area contributed by atoms with Gasteiger partial charge in [0.1, 0.15) is 11.5 Å². The standard InChI is InChI=1S/C15H27NO/c1-10(15(5,6)7)9-16-12(3)14-8-11(2)17-13(14)4/h8,10,12,16H,9H2,1-7H3. The van der Waals surface area contributed by atoms with E-state index in [4.69, 9.17) is 4.42 Å². The van der Waals surface area contributed by atoms with Gasteiger partial charge in [0, 0.05) is 11.6 Å². The average Bonchev–Trinajstić information content (AvgIpc) is 2.52. The van der Waals surface area contributed by atoms with Crippen molar-refractivity contribution in [3.8, 4) is 0 Å². The molecule has 1 aromatic heterocycles. The highest BCUT2D eigenvalue weighted by atomic mass is 16.3. The molecule has 17 heavy (non-hydrogen) atoms. The van der Waals surface area contributed by atoms with Gasteiger partial charge in [-0.15, -0.1) is 0 Å². The van der Waals surface area contributed by atoms with Gasteiger partial charge in [0.2, 0.25) is 0 Å². The third kappa shape index (κ3) is 3.88. The van der Waals surface area contributed by atoms with Crippen molar-refractivity contribution in [1.29, 1.82) is 0 Å². The Morgan fingerprint density at radius 1 is 1.24 bits per heavy atom. The van der Waals surface area contributed by atoms with Gasteiger partial charge in [0.05, 0.1) is 0 Å². The van der Waals surface area contributed by atoms with Crippen LogP contribution in [0, 0.1) is 25.2 Å². The highest BCUT2D eigenvalue weighted by Gasteiger charge is 2.21. The summed E-state index contributed by atoms with van der Waals surface area (Å²) < 4.78 is 5.57. The van der Waals surface area contributed by atoms with E-state index in [9.17, 15) is 0 Å². The van der Waals surface area contributed by atoms with Crippen LogP contribution in [-0.2, 0) is 0 Å². The smallest absolute Gasteiger partial charge is 0.105 e. The van der Waals surface area contributed by atoms with Crippen LogP contribution in [0.4, 0.5) is 0 Å². The van der Waals surface area contributed by atoms with Crippen LogP contribution in [0.25, 0.3) is 0 Å². The first-order valence-corrected chi connectivity index (χ1v) is 6.52. The molecule has 2 heteroatoms. The summed E-state index contributed by atoms with van der Waals surface area (Å²) in [6.45, 7) is 16.4. The molecule has 0 aromatic carbocycles. The van der Waals surface area contributed by atoms with E-state index in [1.165, 1.54) is 5.56 Å². The van der Waals surface area contributed by atoms with Gasteiger partial charge in [-0.2, -0.15) is 0 Å². The monoisotopic (exact) mass is 237 g/mol. The summed E-state index contributed by atoms with van der Waals surface area (Å²) in [6, 6.07) is 2.49. The van der Waals surface area contributed by atoms with Crippen molar-refractivity contribution >= 4 is 0 Å². The van der Waals surface area contributed by atoms with E-state index in [1.54, 1.807) is 0 Å². The summed E-state index contributed by atoms with van der Waals surface area (Å²) in [4.78, 5) is 0. The second kappa shape index (κ2) is 5.26. The molecule has 0 saturated heterocycles. The summed E-state index contributed by atoms with van der Waals surface area (Å²) in [5.74, 6) is 2.68. The van der Waals surface area contributed by atoms with Gasteiger partial charge in [-0.3, -0.25) is 0 Å². The molecule has 0 fully saturated rings. The summed E-state index contributed by atoms with van der Waals surface area (Å²) in [7, 11) is 0. The lowest BCUT2D eigenvalue weighted by Gasteiger charge is -2.28. The second-order valence-electron chi connectivity index (χ2n) is 6.27. The maximum atomic E-state index is 5.57. The first-order valence-electron chi connectivity index (χ1n) is 6.52. The van der Waals surface area contributed by atoms with Crippen molar-refractivity contribution in [1.82, 2.24) is 5.32 Å². The minimum absolute atomic E-state index is 0.355. The highest BCUT2D eigenvalue weighted by Crippen LogP contribution is 2.26. The van der Waals surface area contributed by atoms with Crippen LogP contribution in [0.2, 0.25) is 0 Å². The molecule has 0 radical (unpaired) electrons. The topological polar surface area (TPSA) is 25.2 Å². The maximum Gasteiger partial charge on any atom is 0.105 e. The van der Waals surface area contributed by atoms with E-state index in [1.807, 2.05) is 13.8 Å². The van der Waals surface area contributed by atoms with Gasteiger partial charge in [-0.25, -0.2) is 0 Å². The Morgan fingerprint density at radius 2 is 1.82 bits per heavy atom. The van der Waals surface area contributed by atoms with E-state index in [-0.39, 0.29) is 0 Å². The Hall–Kier alpha value is -0.760. The van der Waals surface area contributed by atoms with Crippen LogP contribution < -0.4 is 5.32 Å². The molecule has 1 heterocycles. The number of aryl methyl sites for hydroxylation is 2. The third-order valence-corrected chi connectivity index (χ3v) is 3.75. The number of furan rings is 1. The van der Waals surface area contributed by atoms with Crippen LogP contribution >= 0.6 is 0 Å². The van der Waals surface area contributed by atoms with Gasteiger partial charge >= 0.3 is 0 Å². The van der Waals surface area contributed by atoms with Crippen molar-refractivity contribution < 1.29 is 4.42 Å². The zero-order chi connectivity index (χ0) is 13.2. The average molecular weight is 237 g/mol. The molecule has 0 spiro atoms. The van der Waals surface area contributed by atoms with Crippen molar-refractivity contribution in [3.63, 3.8) is 0 Å². The number of hydrogen-bond acceptors (Lipinski definition) is 2. The molecule has 98 valence electrons. The van der Waals surface area contributed by atoms with Gasteiger partial charge < -0.3 is 9.73 Å². The number of hydrogen-bond donors (Lipinski definition) is 1.